The van der Waals surface area contributed by atoms with Crippen LogP contribution in [-0.4, -0.2) is 24.4 Å². The van der Waals surface area contributed by atoms with E-state index in [1.807, 2.05) is 19.1 Å². The van der Waals surface area contributed by atoms with Crippen molar-refractivity contribution >= 4 is 11.7 Å². The number of hydrogen-bond donors (Lipinski definition) is 0. The number of rotatable bonds is 6. The molecule has 2 rings (SSSR count). The Morgan fingerprint density at radius 2 is 2.24 bits per heavy atom. The van der Waals surface area contributed by atoms with Crippen LogP contribution in [0.15, 0.2) is 29.4 Å². The minimum Gasteiger partial charge on any atom is -0.466 e. The molecule has 1 atom stereocenters. The molecule has 5 heteroatoms. The number of nitriles is 1. The van der Waals surface area contributed by atoms with E-state index >= 15 is 0 Å². The van der Waals surface area contributed by atoms with Crippen molar-refractivity contribution in [3.63, 3.8) is 0 Å². The molecule has 0 spiro atoms. The highest BCUT2D eigenvalue weighted by molar-refractivity contribution is 6.01. The average molecular weight is 286 g/mol. The number of carbonyl (C=O) groups is 1. The Hall–Kier alpha value is -2.35. The molecule has 0 bridgehead atoms. The molecule has 5 nitrogen and oxygen atoms in total. The molecule has 0 saturated heterocycles. The minimum atomic E-state index is -0.259. The molecule has 0 radical (unpaired) electrons. The number of ether oxygens (including phenoxy) is 1. The molecule has 0 N–H and O–H groups in total. The lowest BCUT2D eigenvalue weighted by Gasteiger charge is -2.08. The van der Waals surface area contributed by atoms with E-state index in [0.717, 1.165) is 24.1 Å². The van der Waals surface area contributed by atoms with Crippen molar-refractivity contribution < 1.29 is 14.4 Å². The summed E-state index contributed by atoms with van der Waals surface area (Å²) in [6.07, 6.45) is 2.41. The van der Waals surface area contributed by atoms with Crippen LogP contribution in [0.25, 0.3) is 0 Å². The maximum atomic E-state index is 11.6. The highest BCUT2D eigenvalue weighted by Gasteiger charge is 2.25. The first-order valence-electron chi connectivity index (χ1n) is 7.11. The van der Waals surface area contributed by atoms with Crippen LogP contribution in [0.1, 0.15) is 43.7 Å². The number of unbranched alkanes of at least 4 members (excludes halogenated alkanes) is 1. The molecule has 0 aromatic heterocycles. The van der Waals surface area contributed by atoms with E-state index in [-0.39, 0.29) is 18.5 Å². The lowest BCUT2D eigenvalue weighted by Crippen LogP contribution is -2.17. The summed E-state index contributed by atoms with van der Waals surface area (Å²) in [6, 6.07) is 9.22. The minimum absolute atomic E-state index is 0.215. The van der Waals surface area contributed by atoms with Gasteiger partial charge in [-0.2, -0.15) is 5.26 Å². The molecular formula is C16H18N2O3. The van der Waals surface area contributed by atoms with E-state index < -0.39 is 0 Å². The summed E-state index contributed by atoms with van der Waals surface area (Å²) in [5.41, 5.74) is 2.32. The zero-order chi connectivity index (χ0) is 15.1. The Morgan fingerprint density at radius 3 is 2.90 bits per heavy atom. The second-order valence-electron chi connectivity index (χ2n) is 4.94. The molecule has 110 valence electrons. The fraction of sp³-hybridized carbons (Fsp3) is 0.438. The fourth-order valence-corrected chi connectivity index (χ4v) is 2.02. The van der Waals surface area contributed by atoms with Crippen LogP contribution < -0.4 is 0 Å². The van der Waals surface area contributed by atoms with Gasteiger partial charge in [0.2, 0.25) is 0 Å². The van der Waals surface area contributed by atoms with Gasteiger partial charge in [-0.25, -0.2) is 0 Å². The molecule has 1 aliphatic rings. The van der Waals surface area contributed by atoms with E-state index in [4.69, 9.17) is 14.8 Å². The maximum Gasteiger partial charge on any atom is 0.309 e. The van der Waals surface area contributed by atoms with E-state index in [2.05, 4.69) is 11.2 Å². The van der Waals surface area contributed by atoms with Gasteiger partial charge in [0.05, 0.1) is 30.4 Å². The zero-order valence-electron chi connectivity index (χ0n) is 12.0. The number of benzene rings is 1. The third kappa shape index (κ3) is 4.32. The van der Waals surface area contributed by atoms with E-state index in [1.165, 1.54) is 0 Å². The molecule has 1 heterocycles. The molecule has 0 amide bonds. The second kappa shape index (κ2) is 7.44. The van der Waals surface area contributed by atoms with Gasteiger partial charge in [-0.1, -0.05) is 30.6 Å². The van der Waals surface area contributed by atoms with Crippen molar-refractivity contribution in [2.75, 3.05) is 6.61 Å². The first kappa shape index (κ1) is 15.0. The van der Waals surface area contributed by atoms with Crippen molar-refractivity contribution in [2.24, 2.45) is 5.16 Å². The number of hydrogen-bond acceptors (Lipinski definition) is 5. The van der Waals surface area contributed by atoms with Gasteiger partial charge in [-0.05, 0) is 24.1 Å². The smallest absolute Gasteiger partial charge is 0.309 e. The molecule has 0 aliphatic carbocycles. The summed E-state index contributed by atoms with van der Waals surface area (Å²) < 4.78 is 5.11. The van der Waals surface area contributed by atoms with Crippen LogP contribution in [0.4, 0.5) is 0 Å². The van der Waals surface area contributed by atoms with Gasteiger partial charge in [0.1, 0.15) is 6.10 Å². The normalized spacial score (nSPS) is 16.8. The number of oxime groups is 1. The summed E-state index contributed by atoms with van der Waals surface area (Å²) >= 11 is 0. The van der Waals surface area contributed by atoms with Crippen molar-refractivity contribution in [3.8, 4) is 6.07 Å². The van der Waals surface area contributed by atoms with Gasteiger partial charge < -0.3 is 9.57 Å². The van der Waals surface area contributed by atoms with Crippen molar-refractivity contribution in [1.29, 1.82) is 5.26 Å². The predicted octanol–water partition coefficient (Wildman–Crippen LogP) is 2.78. The summed E-state index contributed by atoms with van der Waals surface area (Å²) in [5.74, 6) is -0.246. The first-order chi connectivity index (χ1) is 10.2. The van der Waals surface area contributed by atoms with Crippen LogP contribution in [-0.2, 0) is 14.4 Å². The average Bonchev–Trinajstić information content (AvgIpc) is 2.96. The summed E-state index contributed by atoms with van der Waals surface area (Å²) in [5, 5.41) is 12.8. The molecule has 1 aliphatic heterocycles. The molecule has 1 unspecified atom stereocenters. The fourth-order valence-electron chi connectivity index (χ4n) is 2.02. The lowest BCUT2D eigenvalue weighted by atomic mass is 10.0. The molecule has 0 fully saturated rings. The van der Waals surface area contributed by atoms with Crippen LogP contribution in [0, 0.1) is 11.3 Å². The monoisotopic (exact) mass is 286 g/mol. The number of carbonyl (C=O) groups excluding carboxylic acids is 1. The predicted molar refractivity (Wildman–Crippen MR) is 77.7 cm³/mol. The molecular weight excluding hydrogens is 268 g/mol. The first-order valence-corrected chi connectivity index (χ1v) is 7.11. The molecule has 1 aromatic rings. The van der Waals surface area contributed by atoms with Crippen LogP contribution in [0.3, 0.4) is 0 Å². The van der Waals surface area contributed by atoms with Gasteiger partial charge in [0.15, 0.2) is 0 Å². The Balaban J connectivity index is 1.82. The third-order valence-corrected chi connectivity index (χ3v) is 3.24. The SMILES string of the molecule is CCCCOC(=O)CC1CC(c2ccc(C#N)cc2)=NO1. The molecule has 21 heavy (non-hydrogen) atoms. The van der Waals surface area contributed by atoms with E-state index in [1.54, 1.807) is 12.1 Å². The number of nitrogens with zero attached hydrogens (tertiary/aromatic N) is 2. The highest BCUT2D eigenvalue weighted by atomic mass is 16.6. The summed E-state index contributed by atoms with van der Waals surface area (Å²) in [4.78, 5) is 16.9. The van der Waals surface area contributed by atoms with Gasteiger partial charge >= 0.3 is 5.97 Å². The Kier molecular flexibility index (Phi) is 5.33. The standard InChI is InChI=1S/C16H18N2O3/c1-2-3-8-20-16(19)10-14-9-15(18-21-14)13-6-4-12(11-17)5-7-13/h4-7,14H,2-3,8-10H2,1H3. The van der Waals surface area contributed by atoms with Gasteiger partial charge in [-0.15, -0.1) is 0 Å². The quantitative estimate of drug-likeness (QED) is 0.595. The Morgan fingerprint density at radius 1 is 1.48 bits per heavy atom. The molecule has 1 aromatic carbocycles. The lowest BCUT2D eigenvalue weighted by molar-refractivity contribution is -0.146. The third-order valence-electron chi connectivity index (χ3n) is 3.24. The summed E-state index contributed by atoms with van der Waals surface area (Å²) in [6.45, 7) is 2.51. The van der Waals surface area contributed by atoms with E-state index in [9.17, 15) is 4.79 Å². The second-order valence-corrected chi connectivity index (χ2v) is 4.94. The van der Waals surface area contributed by atoms with Crippen LogP contribution >= 0.6 is 0 Å². The van der Waals surface area contributed by atoms with Crippen molar-refractivity contribution in [1.82, 2.24) is 0 Å². The topological polar surface area (TPSA) is 71.7 Å². The van der Waals surface area contributed by atoms with Gasteiger partial charge in [-0.3, -0.25) is 4.79 Å². The largest absolute Gasteiger partial charge is 0.466 e. The van der Waals surface area contributed by atoms with Crippen LogP contribution in [0.2, 0.25) is 0 Å². The summed E-state index contributed by atoms with van der Waals surface area (Å²) in [7, 11) is 0. The Labute approximate surface area is 124 Å². The number of esters is 1. The maximum absolute atomic E-state index is 11.6. The Bertz CT molecular complexity index is 558. The van der Waals surface area contributed by atoms with Gasteiger partial charge in [0, 0.05) is 6.42 Å². The highest BCUT2D eigenvalue weighted by Crippen LogP contribution is 2.19. The van der Waals surface area contributed by atoms with Gasteiger partial charge in [0.25, 0.3) is 0 Å². The van der Waals surface area contributed by atoms with Crippen molar-refractivity contribution in [3.05, 3.63) is 35.4 Å². The van der Waals surface area contributed by atoms with Crippen molar-refractivity contribution in [2.45, 2.75) is 38.7 Å². The van der Waals surface area contributed by atoms with E-state index in [0.29, 0.717) is 18.6 Å². The zero-order valence-corrected chi connectivity index (χ0v) is 12.0. The molecule has 0 saturated carbocycles. The van der Waals surface area contributed by atoms with Crippen LogP contribution in [0.5, 0.6) is 0 Å².